The molecule has 0 aliphatic carbocycles. The number of nitrogens with zero attached hydrogens (tertiary/aromatic N) is 1. The Kier molecular flexibility index (Phi) is 2.56. The van der Waals surface area contributed by atoms with E-state index in [1.54, 1.807) is 12.1 Å². The SMILES string of the molecule is O=S1(=O)[C@H]2C[C@@H]3CC[C@]2(CN1Cc1cccc(F)c1)O3. The van der Waals surface area contributed by atoms with Gasteiger partial charge in [0.25, 0.3) is 0 Å². The van der Waals surface area contributed by atoms with E-state index in [0.717, 1.165) is 12.8 Å². The van der Waals surface area contributed by atoms with Crippen molar-refractivity contribution in [3.63, 3.8) is 0 Å². The number of hydrogen-bond donors (Lipinski definition) is 0. The topological polar surface area (TPSA) is 46.6 Å². The van der Waals surface area contributed by atoms with Crippen molar-refractivity contribution in [3.05, 3.63) is 35.6 Å². The van der Waals surface area contributed by atoms with Crippen molar-refractivity contribution in [2.24, 2.45) is 0 Å². The summed E-state index contributed by atoms with van der Waals surface area (Å²) < 4.78 is 45.8. The summed E-state index contributed by atoms with van der Waals surface area (Å²) in [6.07, 6.45) is 2.51. The maximum absolute atomic E-state index is 13.2. The third kappa shape index (κ3) is 1.68. The van der Waals surface area contributed by atoms with Crippen LogP contribution in [0, 0.1) is 5.82 Å². The molecule has 0 amide bonds. The second-order valence-corrected chi connectivity index (χ2v) is 8.13. The van der Waals surface area contributed by atoms with Crippen LogP contribution in [0.25, 0.3) is 0 Å². The van der Waals surface area contributed by atoms with Crippen LogP contribution >= 0.6 is 0 Å². The van der Waals surface area contributed by atoms with Crippen molar-refractivity contribution in [1.29, 1.82) is 0 Å². The number of sulfonamides is 1. The third-order valence-corrected chi connectivity index (χ3v) is 7.09. The Morgan fingerprint density at radius 3 is 3.00 bits per heavy atom. The van der Waals surface area contributed by atoms with Gasteiger partial charge < -0.3 is 4.74 Å². The molecule has 1 aromatic rings. The minimum absolute atomic E-state index is 0.117. The largest absolute Gasteiger partial charge is 0.369 e. The molecule has 2 bridgehead atoms. The average molecular weight is 297 g/mol. The zero-order chi connectivity index (χ0) is 14.0. The van der Waals surface area contributed by atoms with E-state index in [4.69, 9.17) is 4.74 Å². The maximum atomic E-state index is 13.2. The van der Waals surface area contributed by atoms with Gasteiger partial charge >= 0.3 is 0 Å². The number of hydrogen-bond acceptors (Lipinski definition) is 3. The molecule has 3 heterocycles. The molecule has 108 valence electrons. The first-order chi connectivity index (χ1) is 9.49. The molecule has 1 aromatic carbocycles. The molecule has 20 heavy (non-hydrogen) atoms. The fraction of sp³-hybridized carbons (Fsp3) is 0.571. The summed E-state index contributed by atoms with van der Waals surface area (Å²) in [5.74, 6) is -0.338. The number of fused-ring (bicyclic) bond motifs is 1. The molecule has 0 unspecified atom stereocenters. The Hall–Kier alpha value is -0.980. The van der Waals surface area contributed by atoms with Gasteiger partial charge in [-0.05, 0) is 37.0 Å². The molecule has 4 rings (SSSR count). The van der Waals surface area contributed by atoms with Crippen LogP contribution in [0.3, 0.4) is 0 Å². The van der Waals surface area contributed by atoms with Crippen LogP contribution in [-0.2, 0) is 21.3 Å². The first kappa shape index (κ1) is 12.7. The highest BCUT2D eigenvalue weighted by atomic mass is 32.2. The molecule has 3 aliphatic rings. The fourth-order valence-corrected chi connectivity index (χ4v) is 6.21. The van der Waals surface area contributed by atoms with Gasteiger partial charge in [0.15, 0.2) is 0 Å². The smallest absolute Gasteiger partial charge is 0.220 e. The normalized spacial score (nSPS) is 38.2. The van der Waals surface area contributed by atoms with Crippen molar-refractivity contribution in [2.75, 3.05) is 6.54 Å². The molecule has 3 aliphatic heterocycles. The molecule has 0 N–H and O–H groups in total. The van der Waals surface area contributed by atoms with Crippen LogP contribution in [0.1, 0.15) is 24.8 Å². The molecule has 1 spiro atoms. The molecule has 4 nitrogen and oxygen atoms in total. The predicted molar refractivity (Wildman–Crippen MR) is 71.0 cm³/mol. The second kappa shape index (κ2) is 4.02. The summed E-state index contributed by atoms with van der Waals surface area (Å²) in [6.45, 7) is 0.638. The summed E-state index contributed by atoms with van der Waals surface area (Å²) in [5, 5.41) is -0.401. The zero-order valence-corrected chi connectivity index (χ0v) is 11.8. The van der Waals surface area contributed by atoms with Crippen molar-refractivity contribution >= 4 is 10.0 Å². The van der Waals surface area contributed by atoms with Gasteiger partial charge in [-0.25, -0.2) is 12.8 Å². The fourth-order valence-electron chi connectivity index (χ4n) is 3.88. The van der Waals surface area contributed by atoms with Gasteiger partial charge in [0.1, 0.15) is 16.7 Å². The lowest BCUT2D eigenvalue weighted by Crippen LogP contribution is -2.38. The van der Waals surface area contributed by atoms with Crippen molar-refractivity contribution in [1.82, 2.24) is 4.31 Å². The molecule has 3 saturated heterocycles. The number of benzene rings is 1. The van der Waals surface area contributed by atoms with Gasteiger partial charge in [-0.1, -0.05) is 12.1 Å². The first-order valence-electron chi connectivity index (χ1n) is 6.91. The minimum Gasteiger partial charge on any atom is -0.369 e. The Balaban J connectivity index is 1.64. The maximum Gasteiger partial charge on any atom is 0.220 e. The lowest BCUT2D eigenvalue weighted by atomic mass is 9.88. The number of rotatable bonds is 2. The van der Waals surface area contributed by atoms with Gasteiger partial charge in [0.05, 0.1) is 6.10 Å². The summed E-state index contributed by atoms with van der Waals surface area (Å²) in [5.41, 5.74) is 0.177. The van der Waals surface area contributed by atoms with Gasteiger partial charge in [-0.2, -0.15) is 4.31 Å². The van der Waals surface area contributed by atoms with Crippen molar-refractivity contribution in [3.8, 4) is 0 Å². The minimum atomic E-state index is -3.33. The molecular formula is C14H16FNO3S. The molecule has 0 aromatic heterocycles. The van der Waals surface area contributed by atoms with E-state index < -0.39 is 20.9 Å². The van der Waals surface area contributed by atoms with E-state index in [2.05, 4.69) is 0 Å². The number of ether oxygens (including phenoxy) is 1. The van der Waals surface area contributed by atoms with Crippen LogP contribution in [0.4, 0.5) is 4.39 Å². The van der Waals surface area contributed by atoms with E-state index in [0.29, 0.717) is 18.5 Å². The van der Waals surface area contributed by atoms with Gasteiger partial charge in [-0.15, -0.1) is 0 Å². The molecule has 0 radical (unpaired) electrons. The van der Waals surface area contributed by atoms with Gasteiger partial charge in [0, 0.05) is 13.1 Å². The molecule has 3 fully saturated rings. The van der Waals surface area contributed by atoms with Gasteiger partial charge in [-0.3, -0.25) is 0 Å². The van der Waals surface area contributed by atoms with E-state index in [9.17, 15) is 12.8 Å². The standard InChI is InChI=1S/C14H16FNO3S/c15-11-3-1-2-10(6-11)8-16-9-14-5-4-12(19-14)7-13(14)20(16,17)18/h1-3,6,12-13H,4-5,7-9H2/t12-,13-,14+/m0/s1. The quantitative estimate of drug-likeness (QED) is 0.834. The summed E-state index contributed by atoms with van der Waals surface area (Å²) in [7, 11) is -3.33. The number of halogens is 1. The third-order valence-electron chi connectivity index (χ3n) is 4.77. The Bertz CT molecular complexity index is 662. The lowest BCUT2D eigenvalue weighted by molar-refractivity contribution is 0.0119. The van der Waals surface area contributed by atoms with Crippen LogP contribution in [-0.4, -0.2) is 36.2 Å². The second-order valence-electron chi connectivity index (χ2n) is 6.01. The van der Waals surface area contributed by atoms with Crippen LogP contribution in [0.15, 0.2) is 24.3 Å². The molecular weight excluding hydrogens is 281 g/mol. The van der Waals surface area contributed by atoms with Gasteiger partial charge in [0.2, 0.25) is 10.0 Å². The molecule has 6 heteroatoms. The van der Waals surface area contributed by atoms with Crippen LogP contribution in [0.5, 0.6) is 0 Å². The highest BCUT2D eigenvalue weighted by Crippen LogP contribution is 2.52. The lowest BCUT2D eigenvalue weighted by Gasteiger charge is -2.21. The zero-order valence-electron chi connectivity index (χ0n) is 11.0. The van der Waals surface area contributed by atoms with Crippen LogP contribution < -0.4 is 0 Å². The predicted octanol–water partition coefficient (Wildman–Crippen LogP) is 1.66. The summed E-state index contributed by atoms with van der Waals surface area (Å²) in [4.78, 5) is 0. The highest BCUT2D eigenvalue weighted by Gasteiger charge is 2.65. The summed E-state index contributed by atoms with van der Waals surface area (Å²) in [6, 6.07) is 6.11. The van der Waals surface area contributed by atoms with Crippen molar-refractivity contribution < 1.29 is 17.5 Å². The monoisotopic (exact) mass is 297 g/mol. The Morgan fingerprint density at radius 1 is 1.45 bits per heavy atom. The first-order valence-corrected chi connectivity index (χ1v) is 8.41. The van der Waals surface area contributed by atoms with E-state index >= 15 is 0 Å². The Morgan fingerprint density at radius 2 is 2.30 bits per heavy atom. The van der Waals surface area contributed by atoms with Crippen LogP contribution in [0.2, 0.25) is 0 Å². The van der Waals surface area contributed by atoms with E-state index in [-0.39, 0.29) is 18.5 Å². The molecule has 0 saturated carbocycles. The molecule has 3 atom stereocenters. The van der Waals surface area contributed by atoms with Crippen molar-refractivity contribution in [2.45, 2.75) is 42.8 Å². The summed E-state index contributed by atoms with van der Waals surface area (Å²) >= 11 is 0. The highest BCUT2D eigenvalue weighted by molar-refractivity contribution is 7.90. The van der Waals surface area contributed by atoms with E-state index in [1.165, 1.54) is 16.4 Å². The average Bonchev–Trinajstić information content (AvgIpc) is 3.00. The Labute approximate surface area is 117 Å². The van der Waals surface area contributed by atoms with E-state index in [1.807, 2.05) is 0 Å².